The van der Waals surface area contributed by atoms with Crippen LogP contribution in [0.3, 0.4) is 0 Å². The molecule has 5 nitrogen and oxygen atoms in total. The maximum absolute atomic E-state index is 14.0. The fourth-order valence-corrected chi connectivity index (χ4v) is 3.78. The Hall–Kier alpha value is -1.83. The first-order valence-corrected chi connectivity index (χ1v) is 8.77. The Kier molecular flexibility index (Phi) is 4.78. The van der Waals surface area contributed by atoms with Gasteiger partial charge in [-0.05, 0) is 38.1 Å². The highest BCUT2D eigenvalue weighted by Crippen LogP contribution is 2.29. The van der Waals surface area contributed by atoms with Gasteiger partial charge >= 0.3 is 0 Å². The minimum absolute atomic E-state index is 0.0362. The molecule has 0 aliphatic carbocycles. The molecule has 2 aromatic rings. The van der Waals surface area contributed by atoms with Crippen molar-refractivity contribution in [3.05, 3.63) is 41.9 Å². The van der Waals surface area contributed by atoms with Crippen LogP contribution in [0.2, 0.25) is 0 Å². The van der Waals surface area contributed by atoms with E-state index in [0.717, 1.165) is 51.0 Å². The fourth-order valence-electron chi connectivity index (χ4n) is 3.78. The molecule has 0 unspecified atom stereocenters. The minimum Gasteiger partial charge on any atom is -0.378 e. The lowest BCUT2D eigenvalue weighted by Gasteiger charge is -2.41. The maximum Gasteiger partial charge on any atom is 0.135 e. The van der Waals surface area contributed by atoms with Crippen LogP contribution in [0.25, 0.3) is 11.3 Å². The molecule has 25 heavy (non-hydrogen) atoms. The maximum atomic E-state index is 14.0. The molecular formula is C18H22F2N4O. The third kappa shape index (κ3) is 3.44. The Morgan fingerprint density at radius 2 is 2.04 bits per heavy atom. The standard InChI is InChI=1S/C18H22F2N4O/c19-12-1-2-14(15(20)9-12)16-10-22-18(23-16)17-11-25-8-7-24(17)13-3-5-21-6-4-13/h1-2,9-10,13,17,21H,3-8,11H2,(H,22,23)/t17-/m0/s1. The number of H-pyrrole nitrogens is 1. The molecule has 2 fully saturated rings. The molecule has 2 aliphatic heterocycles. The first kappa shape index (κ1) is 16.6. The summed E-state index contributed by atoms with van der Waals surface area (Å²) in [7, 11) is 0. The van der Waals surface area contributed by atoms with Gasteiger partial charge in [-0.3, -0.25) is 4.90 Å². The van der Waals surface area contributed by atoms with Crippen molar-refractivity contribution in [3.8, 4) is 11.3 Å². The van der Waals surface area contributed by atoms with Gasteiger partial charge in [-0.1, -0.05) is 0 Å². The van der Waals surface area contributed by atoms with Crippen molar-refractivity contribution in [1.82, 2.24) is 20.2 Å². The molecule has 7 heteroatoms. The summed E-state index contributed by atoms with van der Waals surface area (Å²) < 4.78 is 32.8. The average molecular weight is 348 g/mol. The van der Waals surface area contributed by atoms with Crippen LogP contribution in [0.5, 0.6) is 0 Å². The van der Waals surface area contributed by atoms with Crippen LogP contribution in [-0.4, -0.2) is 53.8 Å². The van der Waals surface area contributed by atoms with E-state index in [9.17, 15) is 8.78 Å². The van der Waals surface area contributed by atoms with Gasteiger partial charge in [0.2, 0.25) is 0 Å². The van der Waals surface area contributed by atoms with E-state index in [-0.39, 0.29) is 6.04 Å². The van der Waals surface area contributed by atoms with Gasteiger partial charge in [0.05, 0.1) is 31.1 Å². The number of nitrogens with zero attached hydrogens (tertiary/aromatic N) is 2. The predicted octanol–water partition coefficient (Wildman–Crippen LogP) is 2.48. The molecule has 0 bridgehead atoms. The van der Waals surface area contributed by atoms with Gasteiger partial charge in [-0.15, -0.1) is 0 Å². The zero-order valence-electron chi connectivity index (χ0n) is 14.0. The van der Waals surface area contributed by atoms with E-state index in [1.807, 2.05) is 0 Å². The van der Waals surface area contributed by atoms with E-state index in [2.05, 4.69) is 20.2 Å². The molecule has 0 saturated carbocycles. The van der Waals surface area contributed by atoms with Crippen molar-refractivity contribution >= 4 is 0 Å². The van der Waals surface area contributed by atoms with Crippen molar-refractivity contribution in [1.29, 1.82) is 0 Å². The summed E-state index contributed by atoms with van der Waals surface area (Å²) in [6, 6.07) is 4.12. The number of hydrogen-bond acceptors (Lipinski definition) is 4. The number of halogens is 2. The number of benzene rings is 1. The van der Waals surface area contributed by atoms with E-state index in [1.165, 1.54) is 12.1 Å². The summed E-state index contributed by atoms with van der Waals surface area (Å²) in [5, 5.41) is 3.39. The van der Waals surface area contributed by atoms with Gasteiger partial charge in [0, 0.05) is 24.2 Å². The molecule has 2 aliphatic rings. The molecule has 3 heterocycles. The van der Waals surface area contributed by atoms with E-state index in [1.54, 1.807) is 6.20 Å². The average Bonchev–Trinajstić information content (AvgIpc) is 3.12. The predicted molar refractivity (Wildman–Crippen MR) is 90.1 cm³/mol. The molecule has 0 amide bonds. The minimum atomic E-state index is -0.592. The monoisotopic (exact) mass is 348 g/mol. The first-order valence-electron chi connectivity index (χ1n) is 8.77. The highest BCUT2D eigenvalue weighted by atomic mass is 19.1. The Morgan fingerprint density at radius 1 is 1.20 bits per heavy atom. The molecule has 1 atom stereocenters. The number of piperidine rings is 1. The Morgan fingerprint density at radius 3 is 2.84 bits per heavy atom. The van der Waals surface area contributed by atoms with Crippen LogP contribution in [0, 0.1) is 11.6 Å². The van der Waals surface area contributed by atoms with Crippen LogP contribution >= 0.6 is 0 Å². The third-order valence-corrected chi connectivity index (χ3v) is 5.08. The molecule has 4 rings (SSSR count). The lowest BCUT2D eigenvalue weighted by Crippen LogP contribution is -2.49. The van der Waals surface area contributed by atoms with E-state index >= 15 is 0 Å². The second kappa shape index (κ2) is 7.19. The normalized spacial score (nSPS) is 23.0. The van der Waals surface area contributed by atoms with Crippen LogP contribution in [0.15, 0.2) is 24.4 Å². The zero-order valence-corrected chi connectivity index (χ0v) is 14.0. The van der Waals surface area contributed by atoms with Crippen molar-refractivity contribution in [3.63, 3.8) is 0 Å². The number of ether oxygens (including phenoxy) is 1. The second-order valence-electron chi connectivity index (χ2n) is 6.62. The van der Waals surface area contributed by atoms with Crippen molar-refractivity contribution in [2.75, 3.05) is 32.8 Å². The van der Waals surface area contributed by atoms with Crippen molar-refractivity contribution in [2.24, 2.45) is 0 Å². The van der Waals surface area contributed by atoms with Crippen LogP contribution in [0.4, 0.5) is 8.78 Å². The van der Waals surface area contributed by atoms with Crippen molar-refractivity contribution < 1.29 is 13.5 Å². The third-order valence-electron chi connectivity index (χ3n) is 5.08. The molecule has 1 aromatic carbocycles. The highest BCUT2D eigenvalue weighted by molar-refractivity contribution is 5.59. The molecule has 0 spiro atoms. The lowest BCUT2D eigenvalue weighted by atomic mass is 10.0. The number of morpholine rings is 1. The smallest absolute Gasteiger partial charge is 0.135 e. The Bertz CT molecular complexity index is 730. The summed E-state index contributed by atoms with van der Waals surface area (Å²) in [6.45, 7) is 4.22. The van der Waals surface area contributed by atoms with E-state index in [0.29, 0.717) is 23.9 Å². The second-order valence-corrected chi connectivity index (χ2v) is 6.62. The van der Waals surface area contributed by atoms with Crippen LogP contribution in [-0.2, 0) is 4.74 Å². The number of rotatable bonds is 3. The number of aromatic amines is 1. The summed E-state index contributed by atoms with van der Waals surface area (Å²) in [5.74, 6) is -0.402. The number of nitrogens with one attached hydrogen (secondary N) is 2. The zero-order chi connectivity index (χ0) is 17.2. The van der Waals surface area contributed by atoms with Gasteiger partial charge in [0.25, 0.3) is 0 Å². The lowest BCUT2D eigenvalue weighted by molar-refractivity contribution is -0.0387. The van der Waals surface area contributed by atoms with Crippen LogP contribution in [0.1, 0.15) is 24.7 Å². The Labute approximate surface area is 145 Å². The highest BCUT2D eigenvalue weighted by Gasteiger charge is 2.33. The summed E-state index contributed by atoms with van der Waals surface area (Å²) in [6.07, 6.45) is 3.83. The first-order chi connectivity index (χ1) is 12.2. The fraction of sp³-hybridized carbons (Fsp3) is 0.500. The molecule has 2 saturated heterocycles. The van der Waals surface area contributed by atoms with E-state index < -0.39 is 11.6 Å². The van der Waals surface area contributed by atoms with Crippen LogP contribution < -0.4 is 5.32 Å². The number of aromatic nitrogens is 2. The summed E-state index contributed by atoms with van der Waals surface area (Å²) in [5.41, 5.74) is 0.883. The summed E-state index contributed by atoms with van der Waals surface area (Å²) in [4.78, 5) is 10.1. The molecule has 0 radical (unpaired) electrons. The van der Waals surface area contributed by atoms with Crippen molar-refractivity contribution in [2.45, 2.75) is 24.9 Å². The van der Waals surface area contributed by atoms with Gasteiger partial charge in [-0.2, -0.15) is 0 Å². The van der Waals surface area contributed by atoms with Gasteiger partial charge < -0.3 is 15.0 Å². The largest absolute Gasteiger partial charge is 0.378 e. The quantitative estimate of drug-likeness (QED) is 0.895. The van der Waals surface area contributed by atoms with Gasteiger partial charge in [-0.25, -0.2) is 13.8 Å². The Balaban J connectivity index is 1.58. The SMILES string of the molecule is Fc1ccc(-c2cnc([C@@H]3COCCN3C3CCNCC3)[nH]2)c(F)c1. The molecule has 134 valence electrons. The topological polar surface area (TPSA) is 53.2 Å². The van der Waals surface area contributed by atoms with Gasteiger partial charge in [0.15, 0.2) is 0 Å². The van der Waals surface area contributed by atoms with E-state index in [4.69, 9.17) is 4.74 Å². The molecule has 1 aromatic heterocycles. The molecular weight excluding hydrogens is 326 g/mol. The summed E-state index contributed by atoms with van der Waals surface area (Å²) >= 11 is 0. The number of hydrogen-bond donors (Lipinski definition) is 2. The van der Waals surface area contributed by atoms with Gasteiger partial charge in [0.1, 0.15) is 17.5 Å². The molecule has 2 N–H and O–H groups in total. The number of imidazole rings is 1.